The number of thiophene rings is 1. The Labute approximate surface area is 181 Å². The Hall–Kier alpha value is -3.10. The molecule has 0 saturated carbocycles. The van der Waals surface area contributed by atoms with Gasteiger partial charge >= 0.3 is 0 Å². The molecule has 0 N–H and O–H groups in total. The molecule has 8 heteroatoms. The largest absolute Gasteiger partial charge is 0.497 e. The van der Waals surface area contributed by atoms with Crippen molar-refractivity contribution in [3.63, 3.8) is 0 Å². The van der Waals surface area contributed by atoms with Crippen LogP contribution in [-0.2, 0) is 0 Å². The van der Waals surface area contributed by atoms with Gasteiger partial charge in [0.15, 0.2) is 5.78 Å². The van der Waals surface area contributed by atoms with Crippen LogP contribution in [0.4, 0.5) is 0 Å². The summed E-state index contributed by atoms with van der Waals surface area (Å²) in [5.74, 6) is 1.79. The smallest absolute Gasteiger partial charge is 0.277 e. The molecule has 2 aromatic heterocycles. The fourth-order valence-corrected chi connectivity index (χ4v) is 4.41. The average Bonchev–Trinajstić information content (AvgIpc) is 3.49. The van der Waals surface area contributed by atoms with Gasteiger partial charge in [0.05, 0.1) is 19.1 Å². The summed E-state index contributed by atoms with van der Waals surface area (Å²) in [5, 5.41) is 9.97. The molecule has 2 heterocycles. The normalized spacial score (nSPS) is 11.8. The fraction of sp³-hybridized carbons (Fsp3) is 0.136. The average molecular weight is 439 g/mol. The van der Waals surface area contributed by atoms with Crippen molar-refractivity contribution in [1.29, 1.82) is 0 Å². The summed E-state index contributed by atoms with van der Waals surface area (Å²) in [4.78, 5) is 14.2. The van der Waals surface area contributed by atoms with Crippen LogP contribution in [0.2, 0.25) is 0 Å². The second kappa shape index (κ2) is 9.15. The lowest BCUT2D eigenvalue weighted by Crippen LogP contribution is -2.10. The molecule has 152 valence electrons. The van der Waals surface area contributed by atoms with Gasteiger partial charge in [-0.3, -0.25) is 4.79 Å². The minimum Gasteiger partial charge on any atom is -0.497 e. The zero-order valence-electron chi connectivity index (χ0n) is 16.3. The van der Waals surface area contributed by atoms with Gasteiger partial charge < -0.3 is 13.9 Å². The summed E-state index contributed by atoms with van der Waals surface area (Å²) in [6.45, 7) is 0. The Bertz CT molecular complexity index is 1110. The molecule has 30 heavy (non-hydrogen) atoms. The number of aromatic nitrogens is 2. The standard InChI is InChI=1S/C22H18N2O4S2/c1-26-16-9-5-14(6-10-16)19(25)20(15-7-11-17(27-2)12-8-15)30-22-24-23-21(28-22)18-4-3-13-29-18/h3-13,20H,1-2H3. The van der Waals surface area contributed by atoms with Gasteiger partial charge in [-0.05, 0) is 65.2 Å². The maximum Gasteiger partial charge on any atom is 0.277 e. The van der Waals surface area contributed by atoms with Gasteiger partial charge in [0.25, 0.3) is 11.1 Å². The van der Waals surface area contributed by atoms with Gasteiger partial charge in [0.2, 0.25) is 0 Å². The third-order valence-corrected chi connectivity index (χ3v) is 6.33. The quantitative estimate of drug-likeness (QED) is 0.264. The Kier molecular flexibility index (Phi) is 6.15. The highest BCUT2D eigenvalue weighted by Crippen LogP contribution is 2.39. The molecule has 1 atom stereocenters. The second-order valence-electron chi connectivity index (χ2n) is 6.21. The van der Waals surface area contributed by atoms with Crippen LogP contribution >= 0.6 is 23.1 Å². The highest BCUT2D eigenvalue weighted by atomic mass is 32.2. The lowest BCUT2D eigenvalue weighted by molar-refractivity contribution is 0.0989. The van der Waals surface area contributed by atoms with E-state index in [0.29, 0.717) is 22.4 Å². The molecule has 0 radical (unpaired) electrons. The van der Waals surface area contributed by atoms with Gasteiger partial charge in [-0.1, -0.05) is 18.2 Å². The van der Waals surface area contributed by atoms with E-state index in [9.17, 15) is 4.79 Å². The first-order chi connectivity index (χ1) is 14.7. The summed E-state index contributed by atoms with van der Waals surface area (Å²) in [7, 11) is 3.20. The molecule has 0 fully saturated rings. The molecule has 4 rings (SSSR count). The van der Waals surface area contributed by atoms with Crippen LogP contribution < -0.4 is 9.47 Å². The number of ketones is 1. The van der Waals surface area contributed by atoms with Crippen LogP contribution in [0.15, 0.2) is 75.7 Å². The number of benzene rings is 2. The van der Waals surface area contributed by atoms with Crippen molar-refractivity contribution >= 4 is 28.9 Å². The van der Waals surface area contributed by atoms with Crippen LogP contribution in [0.3, 0.4) is 0 Å². The number of hydrogen-bond donors (Lipinski definition) is 0. The van der Waals surface area contributed by atoms with Crippen LogP contribution in [0.25, 0.3) is 10.8 Å². The van der Waals surface area contributed by atoms with E-state index < -0.39 is 5.25 Å². The number of hydrogen-bond acceptors (Lipinski definition) is 8. The molecule has 2 aromatic carbocycles. The first-order valence-corrected chi connectivity index (χ1v) is 10.8. The number of rotatable bonds is 8. The van der Waals surface area contributed by atoms with E-state index in [2.05, 4.69) is 10.2 Å². The first kappa shape index (κ1) is 20.2. The Balaban J connectivity index is 1.64. The summed E-state index contributed by atoms with van der Waals surface area (Å²) < 4.78 is 16.2. The lowest BCUT2D eigenvalue weighted by atomic mass is 10.0. The number of ether oxygens (including phenoxy) is 2. The molecule has 0 aliphatic rings. The van der Waals surface area contributed by atoms with Crippen molar-refractivity contribution in [1.82, 2.24) is 10.2 Å². The van der Waals surface area contributed by atoms with E-state index >= 15 is 0 Å². The van der Waals surface area contributed by atoms with Crippen molar-refractivity contribution in [2.75, 3.05) is 14.2 Å². The highest BCUT2D eigenvalue weighted by molar-refractivity contribution is 8.00. The van der Waals surface area contributed by atoms with E-state index in [-0.39, 0.29) is 5.78 Å². The third-order valence-electron chi connectivity index (χ3n) is 4.39. The van der Waals surface area contributed by atoms with Crippen LogP contribution in [0.1, 0.15) is 21.2 Å². The highest BCUT2D eigenvalue weighted by Gasteiger charge is 2.26. The van der Waals surface area contributed by atoms with Gasteiger partial charge in [0, 0.05) is 5.56 Å². The molecule has 4 aromatic rings. The molecule has 0 amide bonds. The Morgan fingerprint density at radius 3 is 2.23 bits per heavy atom. The van der Waals surface area contributed by atoms with E-state index in [0.717, 1.165) is 16.2 Å². The summed E-state index contributed by atoms with van der Waals surface area (Å²) >= 11 is 2.75. The number of carbonyl (C=O) groups excluding carboxylic acids is 1. The number of thioether (sulfide) groups is 1. The van der Waals surface area contributed by atoms with E-state index in [4.69, 9.17) is 13.9 Å². The first-order valence-electron chi connectivity index (χ1n) is 9.04. The van der Waals surface area contributed by atoms with E-state index in [1.807, 2.05) is 41.8 Å². The summed E-state index contributed by atoms with van der Waals surface area (Å²) in [6, 6.07) is 18.3. The zero-order valence-corrected chi connectivity index (χ0v) is 17.9. The number of Topliss-reactive ketones (excluding diaryl/α,β-unsaturated/α-hetero) is 1. The molecule has 0 aliphatic heterocycles. The monoisotopic (exact) mass is 438 g/mol. The maximum absolute atomic E-state index is 13.4. The van der Waals surface area contributed by atoms with Crippen LogP contribution in [0.5, 0.6) is 11.5 Å². The minimum absolute atomic E-state index is 0.0660. The molecule has 0 saturated heterocycles. The van der Waals surface area contributed by atoms with Gasteiger partial charge in [0.1, 0.15) is 16.7 Å². The lowest BCUT2D eigenvalue weighted by Gasteiger charge is -2.15. The van der Waals surface area contributed by atoms with E-state index in [1.165, 1.54) is 23.1 Å². The predicted octanol–water partition coefficient (Wildman–Crippen LogP) is 5.53. The number of methoxy groups -OCH3 is 2. The minimum atomic E-state index is -0.555. The molecular formula is C22H18N2O4S2. The van der Waals surface area contributed by atoms with Crippen molar-refractivity contribution in [2.45, 2.75) is 10.5 Å². The molecule has 0 aliphatic carbocycles. The molecule has 0 spiro atoms. The van der Waals surface area contributed by atoms with Gasteiger partial charge in [-0.25, -0.2) is 0 Å². The summed E-state index contributed by atoms with van der Waals surface area (Å²) in [5.41, 5.74) is 1.39. The van der Waals surface area contributed by atoms with Crippen molar-refractivity contribution in [3.8, 4) is 22.3 Å². The Morgan fingerprint density at radius 1 is 0.967 bits per heavy atom. The number of nitrogens with zero attached hydrogens (tertiary/aromatic N) is 2. The topological polar surface area (TPSA) is 74.5 Å². The van der Waals surface area contributed by atoms with Gasteiger partial charge in [-0.15, -0.1) is 21.5 Å². The SMILES string of the molecule is COc1ccc(C(=O)C(Sc2nnc(-c3cccs3)o2)c2ccc(OC)cc2)cc1. The van der Waals surface area contributed by atoms with Crippen molar-refractivity contribution in [3.05, 3.63) is 77.2 Å². The van der Waals surface area contributed by atoms with Crippen LogP contribution in [-0.4, -0.2) is 30.2 Å². The summed E-state index contributed by atoms with van der Waals surface area (Å²) in [6.07, 6.45) is 0. The van der Waals surface area contributed by atoms with E-state index in [1.54, 1.807) is 38.5 Å². The third kappa shape index (κ3) is 4.39. The predicted molar refractivity (Wildman–Crippen MR) is 117 cm³/mol. The molecule has 0 bridgehead atoms. The number of carbonyl (C=O) groups is 1. The Morgan fingerprint density at radius 2 is 1.63 bits per heavy atom. The molecule has 6 nitrogen and oxygen atoms in total. The van der Waals surface area contributed by atoms with Gasteiger partial charge in [-0.2, -0.15) is 0 Å². The van der Waals surface area contributed by atoms with Crippen molar-refractivity contribution in [2.24, 2.45) is 0 Å². The zero-order chi connectivity index (χ0) is 20.9. The molecule has 1 unspecified atom stereocenters. The second-order valence-corrected chi connectivity index (χ2v) is 8.22. The fourth-order valence-electron chi connectivity index (χ4n) is 2.82. The van der Waals surface area contributed by atoms with Crippen molar-refractivity contribution < 1.29 is 18.7 Å². The van der Waals surface area contributed by atoms with Crippen LogP contribution in [0, 0.1) is 0 Å². The maximum atomic E-state index is 13.4. The molecular weight excluding hydrogens is 420 g/mol.